The summed E-state index contributed by atoms with van der Waals surface area (Å²) in [5.74, 6) is -1.74. The molecule has 0 bridgehead atoms. The maximum Gasteiger partial charge on any atom is 0.303 e. The summed E-state index contributed by atoms with van der Waals surface area (Å²) in [6.07, 6.45) is 4.48. The fraction of sp³-hybridized carbons (Fsp3) is 0.381. The SMILES string of the molecule is O=C(O)CCCCCCCC(NS(=O)(=O)c1ccc(F)cc1)c1ccc(F)cc1. The minimum absolute atomic E-state index is 0.0420. The van der Waals surface area contributed by atoms with Crippen LogP contribution in [0, 0.1) is 11.6 Å². The highest BCUT2D eigenvalue weighted by Crippen LogP contribution is 2.24. The first-order valence-electron chi connectivity index (χ1n) is 9.53. The molecule has 1 unspecified atom stereocenters. The molecule has 0 aliphatic rings. The molecule has 0 spiro atoms. The Labute approximate surface area is 169 Å². The summed E-state index contributed by atoms with van der Waals surface area (Å²) >= 11 is 0. The Kier molecular flexibility index (Phi) is 8.72. The van der Waals surface area contributed by atoms with Gasteiger partial charge < -0.3 is 5.11 Å². The Morgan fingerprint density at radius 2 is 1.38 bits per heavy atom. The number of carboxylic acid groups (broad SMARTS) is 1. The van der Waals surface area contributed by atoms with Crippen LogP contribution in [-0.2, 0) is 14.8 Å². The van der Waals surface area contributed by atoms with Crippen LogP contribution < -0.4 is 4.72 Å². The number of unbranched alkanes of at least 4 members (excludes halogenated alkanes) is 4. The van der Waals surface area contributed by atoms with Crippen LogP contribution in [0.25, 0.3) is 0 Å². The van der Waals surface area contributed by atoms with Gasteiger partial charge >= 0.3 is 5.97 Å². The van der Waals surface area contributed by atoms with E-state index in [2.05, 4.69) is 4.72 Å². The molecule has 5 nitrogen and oxygen atoms in total. The lowest BCUT2D eigenvalue weighted by atomic mass is 10.0. The number of carbonyl (C=O) groups is 1. The first kappa shape index (κ1) is 23.0. The third-order valence-electron chi connectivity index (χ3n) is 4.58. The number of aliphatic carboxylic acids is 1. The smallest absolute Gasteiger partial charge is 0.303 e. The van der Waals surface area contributed by atoms with Crippen LogP contribution in [0.5, 0.6) is 0 Å². The number of sulfonamides is 1. The highest BCUT2D eigenvalue weighted by Gasteiger charge is 2.21. The predicted octanol–water partition coefficient (Wildman–Crippen LogP) is 4.80. The van der Waals surface area contributed by atoms with Crippen molar-refractivity contribution in [3.63, 3.8) is 0 Å². The molecule has 2 aromatic rings. The lowest BCUT2D eigenvalue weighted by Gasteiger charge is -2.19. The third kappa shape index (κ3) is 7.91. The van der Waals surface area contributed by atoms with Crippen molar-refractivity contribution >= 4 is 16.0 Å². The zero-order chi connectivity index (χ0) is 21.3. The van der Waals surface area contributed by atoms with Gasteiger partial charge in [0, 0.05) is 12.5 Å². The predicted molar refractivity (Wildman–Crippen MR) is 106 cm³/mol. The largest absolute Gasteiger partial charge is 0.481 e. The molecule has 0 aliphatic heterocycles. The van der Waals surface area contributed by atoms with Gasteiger partial charge in [-0.15, -0.1) is 0 Å². The summed E-state index contributed by atoms with van der Waals surface area (Å²) in [4.78, 5) is 10.5. The van der Waals surface area contributed by atoms with Crippen LogP contribution in [0.15, 0.2) is 53.4 Å². The van der Waals surface area contributed by atoms with Crippen LogP contribution in [0.2, 0.25) is 0 Å². The molecule has 2 aromatic carbocycles. The third-order valence-corrected chi connectivity index (χ3v) is 6.06. The Bertz CT molecular complexity index is 884. The Hall–Kier alpha value is -2.32. The van der Waals surface area contributed by atoms with Crippen molar-refractivity contribution in [2.24, 2.45) is 0 Å². The van der Waals surface area contributed by atoms with Crippen LogP contribution in [0.1, 0.15) is 56.6 Å². The van der Waals surface area contributed by atoms with Gasteiger partial charge in [0.25, 0.3) is 0 Å². The monoisotopic (exact) mass is 425 g/mol. The molecule has 0 saturated carbocycles. The van der Waals surface area contributed by atoms with Crippen LogP contribution in [0.3, 0.4) is 0 Å². The van der Waals surface area contributed by atoms with E-state index in [0.29, 0.717) is 18.4 Å². The van der Waals surface area contributed by atoms with Gasteiger partial charge in [0.05, 0.1) is 4.90 Å². The summed E-state index contributed by atoms with van der Waals surface area (Å²) in [7, 11) is -3.87. The Morgan fingerprint density at radius 3 is 1.97 bits per heavy atom. The molecule has 2 N–H and O–H groups in total. The minimum Gasteiger partial charge on any atom is -0.481 e. The highest BCUT2D eigenvalue weighted by molar-refractivity contribution is 7.89. The van der Waals surface area contributed by atoms with E-state index in [1.54, 1.807) is 12.1 Å². The van der Waals surface area contributed by atoms with Crippen LogP contribution in [0.4, 0.5) is 8.78 Å². The lowest BCUT2D eigenvalue weighted by molar-refractivity contribution is -0.137. The van der Waals surface area contributed by atoms with Gasteiger partial charge in [0.1, 0.15) is 11.6 Å². The number of hydrogen-bond donors (Lipinski definition) is 2. The number of benzene rings is 2. The first-order chi connectivity index (χ1) is 13.8. The van der Waals surface area contributed by atoms with Gasteiger partial charge in [-0.1, -0.05) is 37.8 Å². The molecule has 0 aromatic heterocycles. The second-order valence-electron chi connectivity index (χ2n) is 6.88. The van der Waals surface area contributed by atoms with Gasteiger partial charge in [-0.25, -0.2) is 21.9 Å². The van der Waals surface area contributed by atoms with Gasteiger partial charge in [-0.2, -0.15) is 0 Å². The molecule has 0 heterocycles. The standard InChI is InChI=1S/C21H25F2NO4S/c22-17-10-8-16(9-11-17)20(6-4-2-1-3-5-7-21(25)26)24-29(27,28)19-14-12-18(23)13-15-19/h8-15,20,24H,1-7H2,(H,25,26). The van der Waals surface area contributed by atoms with Crippen molar-refractivity contribution in [1.29, 1.82) is 0 Å². The van der Waals surface area contributed by atoms with E-state index >= 15 is 0 Å². The molecule has 2 rings (SSSR count). The minimum atomic E-state index is -3.87. The summed E-state index contributed by atoms with van der Waals surface area (Å²) in [5, 5.41) is 8.64. The highest BCUT2D eigenvalue weighted by atomic mass is 32.2. The number of rotatable bonds is 12. The van der Waals surface area contributed by atoms with E-state index in [4.69, 9.17) is 5.11 Å². The van der Waals surface area contributed by atoms with Gasteiger partial charge in [0.15, 0.2) is 0 Å². The van der Waals surface area contributed by atoms with Crippen molar-refractivity contribution in [2.45, 2.75) is 55.9 Å². The molecule has 0 amide bonds. The van der Waals surface area contributed by atoms with E-state index in [1.165, 1.54) is 24.3 Å². The Balaban J connectivity index is 2.01. The van der Waals surface area contributed by atoms with Crippen molar-refractivity contribution < 1.29 is 27.1 Å². The van der Waals surface area contributed by atoms with E-state index in [-0.39, 0.29) is 11.3 Å². The van der Waals surface area contributed by atoms with Crippen molar-refractivity contribution in [1.82, 2.24) is 4.72 Å². The normalized spacial score (nSPS) is 12.6. The van der Waals surface area contributed by atoms with Crippen molar-refractivity contribution in [2.75, 3.05) is 0 Å². The molecule has 1 atom stereocenters. The number of nitrogens with one attached hydrogen (secondary N) is 1. The molecular weight excluding hydrogens is 400 g/mol. The summed E-state index contributed by atoms with van der Waals surface area (Å²) in [6.45, 7) is 0. The fourth-order valence-electron chi connectivity index (χ4n) is 3.01. The molecule has 0 aliphatic carbocycles. The average molecular weight is 425 g/mol. The maximum absolute atomic E-state index is 13.3. The molecule has 0 fully saturated rings. The van der Waals surface area contributed by atoms with E-state index in [1.807, 2.05) is 0 Å². The molecule has 0 radical (unpaired) electrons. The summed E-state index contributed by atoms with van der Waals surface area (Å²) in [5.41, 5.74) is 0.642. The summed E-state index contributed by atoms with van der Waals surface area (Å²) < 4.78 is 54.3. The Morgan fingerprint density at radius 1 is 0.862 bits per heavy atom. The topological polar surface area (TPSA) is 83.5 Å². The molecule has 158 valence electrons. The number of halogens is 2. The second kappa shape index (κ2) is 11.0. The first-order valence-corrected chi connectivity index (χ1v) is 11.0. The van der Waals surface area contributed by atoms with E-state index < -0.39 is 33.7 Å². The molecule has 0 saturated heterocycles. The zero-order valence-corrected chi connectivity index (χ0v) is 16.8. The van der Waals surface area contributed by atoms with Crippen molar-refractivity contribution in [3.8, 4) is 0 Å². The number of hydrogen-bond acceptors (Lipinski definition) is 3. The van der Waals surface area contributed by atoms with Gasteiger partial charge in [-0.05, 0) is 54.8 Å². The zero-order valence-electron chi connectivity index (χ0n) is 16.0. The molecule has 29 heavy (non-hydrogen) atoms. The lowest BCUT2D eigenvalue weighted by Crippen LogP contribution is -2.28. The quantitative estimate of drug-likeness (QED) is 0.479. The number of carboxylic acids is 1. The van der Waals surface area contributed by atoms with Gasteiger partial charge in [-0.3, -0.25) is 4.79 Å². The van der Waals surface area contributed by atoms with Crippen LogP contribution in [-0.4, -0.2) is 19.5 Å². The fourth-order valence-corrected chi connectivity index (χ4v) is 4.27. The van der Waals surface area contributed by atoms with Crippen molar-refractivity contribution in [3.05, 3.63) is 65.7 Å². The average Bonchev–Trinajstić information content (AvgIpc) is 2.67. The van der Waals surface area contributed by atoms with E-state index in [0.717, 1.165) is 37.8 Å². The molecule has 8 heteroatoms. The maximum atomic E-state index is 13.3. The van der Waals surface area contributed by atoms with E-state index in [9.17, 15) is 22.0 Å². The van der Waals surface area contributed by atoms with Crippen LogP contribution >= 0.6 is 0 Å². The summed E-state index contributed by atoms with van der Waals surface area (Å²) in [6, 6.07) is 9.64. The second-order valence-corrected chi connectivity index (χ2v) is 8.59. The van der Waals surface area contributed by atoms with Gasteiger partial charge in [0.2, 0.25) is 10.0 Å². The molecular formula is C21H25F2NO4S.